The molecule has 0 aromatic carbocycles. The van der Waals surface area contributed by atoms with Crippen LogP contribution >= 0.6 is 23.1 Å². The molecule has 0 bridgehead atoms. The van der Waals surface area contributed by atoms with Crippen LogP contribution in [0.5, 0.6) is 0 Å². The monoisotopic (exact) mass is 318 g/mol. The highest BCUT2D eigenvalue weighted by Gasteiger charge is 2.21. The molecule has 0 aliphatic heterocycles. The van der Waals surface area contributed by atoms with Gasteiger partial charge in [0.1, 0.15) is 16.9 Å². The first-order valence-corrected chi connectivity index (χ1v) is 8.80. The molecule has 0 radical (unpaired) electrons. The van der Waals surface area contributed by atoms with E-state index in [1.807, 2.05) is 4.40 Å². The van der Waals surface area contributed by atoms with E-state index in [1.54, 1.807) is 24.6 Å². The third kappa shape index (κ3) is 2.15. The Kier molecular flexibility index (Phi) is 3.19. The van der Waals surface area contributed by atoms with E-state index < -0.39 is 0 Å². The van der Waals surface area contributed by atoms with Crippen LogP contribution < -0.4 is 0 Å². The van der Waals surface area contributed by atoms with Crippen LogP contribution in [-0.2, 0) is 17.6 Å². The van der Waals surface area contributed by atoms with Crippen molar-refractivity contribution < 1.29 is 4.79 Å². The van der Waals surface area contributed by atoms with Gasteiger partial charge in [-0.05, 0) is 38.2 Å². The van der Waals surface area contributed by atoms with Crippen molar-refractivity contribution in [1.29, 1.82) is 0 Å². The summed E-state index contributed by atoms with van der Waals surface area (Å²) < 4.78 is 1.91. The Morgan fingerprint density at radius 3 is 3.10 bits per heavy atom. The molecule has 0 N–H and O–H groups in total. The summed E-state index contributed by atoms with van der Waals surface area (Å²) in [7, 11) is 0. The number of carbonyl (C=O) groups is 1. The molecule has 0 fully saturated rings. The second kappa shape index (κ2) is 5.06. The third-order valence-electron chi connectivity index (χ3n) is 3.74. The van der Waals surface area contributed by atoms with Gasteiger partial charge in [-0.25, -0.2) is 4.98 Å². The lowest BCUT2D eigenvalue weighted by Gasteiger charge is -2.10. The SMILES string of the molecule is CC(=O)CSc1nnc2c3c4c(sc3ncn12)CCCC4. The standard InChI is InChI=1S/C14H14N4OS2/c1-8(19)6-20-14-17-16-12-11-9-4-2-3-5-10(9)21-13(11)15-7-18(12)14/h7H,2-6H2,1H3. The van der Waals surface area contributed by atoms with Crippen LogP contribution in [0.2, 0.25) is 0 Å². The van der Waals surface area contributed by atoms with Crippen molar-refractivity contribution in [2.24, 2.45) is 0 Å². The van der Waals surface area contributed by atoms with Gasteiger partial charge in [-0.15, -0.1) is 21.5 Å². The maximum atomic E-state index is 11.1. The van der Waals surface area contributed by atoms with E-state index in [0.29, 0.717) is 5.75 Å². The third-order valence-corrected chi connectivity index (χ3v) is 6.02. The van der Waals surface area contributed by atoms with Crippen molar-refractivity contribution in [2.75, 3.05) is 5.75 Å². The van der Waals surface area contributed by atoms with Gasteiger partial charge in [0.25, 0.3) is 0 Å². The minimum Gasteiger partial charge on any atom is -0.299 e. The summed E-state index contributed by atoms with van der Waals surface area (Å²) in [6.45, 7) is 1.59. The van der Waals surface area contributed by atoms with E-state index in [1.165, 1.54) is 40.4 Å². The van der Waals surface area contributed by atoms with Crippen molar-refractivity contribution in [3.05, 3.63) is 16.8 Å². The number of hydrogen-bond acceptors (Lipinski definition) is 6. The smallest absolute Gasteiger partial charge is 0.197 e. The van der Waals surface area contributed by atoms with Crippen LogP contribution in [0, 0.1) is 0 Å². The van der Waals surface area contributed by atoms with Crippen LogP contribution in [0.1, 0.15) is 30.2 Å². The maximum absolute atomic E-state index is 11.1. The highest BCUT2D eigenvalue weighted by molar-refractivity contribution is 7.99. The van der Waals surface area contributed by atoms with Crippen molar-refractivity contribution in [3.63, 3.8) is 0 Å². The topological polar surface area (TPSA) is 60.2 Å². The van der Waals surface area contributed by atoms with E-state index in [4.69, 9.17) is 0 Å². The predicted octanol–water partition coefficient (Wildman–Crippen LogP) is 2.90. The average molecular weight is 318 g/mol. The summed E-state index contributed by atoms with van der Waals surface area (Å²) in [5.74, 6) is 0.555. The number of carbonyl (C=O) groups excluding carboxylic acids is 1. The highest BCUT2D eigenvalue weighted by Crippen LogP contribution is 2.37. The molecule has 3 aromatic heterocycles. The molecule has 3 aromatic rings. The van der Waals surface area contributed by atoms with E-state index in [9.17, 15) is 4.79 Å². The minimum absolute atomic E-state index is 0.138. The second-order valence-electron chi connectivity index (χ2n) is 5.30. The molecule has 0 amide bonds. The van der Waals surface area contributed by atoms with Crippen molar-refractivity contribution in [3.8, 4) is 0 Å². The maximum Gasteiger partial charge on any atom is 0.197 e. The normalized spacial score (nSPS) is 14.7. The molecular weight excluding hydrogens is 304 g/mol. The van der Waals surface area contributed by atoms with E-state index in [0.717, 1.165) is 28.5 Å². The number of thiophene rings is 1. The summed E-state index contributed by atoms with van der Waals surface area (Å²) in [5, 5.41) is 10.5. The fourth-order valence-electron chi connectivity index (χ4n) is 2.80. The zero-order valence-electron chi connectivity index (χ0n) is 11.6. The zero-order chi connectivity index (χ0) is 14.4. The lowest BCUT2D eigenvalue weighted by Crippen LogP contribution is -1.99. The molecule has 0 saturated heterocycles. The molecule has 0 spiro atoms. The molecule has 1 aliphatic carbocycles. The molecule has 108 valence electrons. The van der Waals surface area contributed by atoms with Crippen LogP contribution in [-0.4, -0.2) is 31.1 Å². The molecular formula is C14H14N4OS2. The largest absolute Gasteiger partial charge is 0.299 e. The molecule has 4 rings (SSSR count). The number of fused-ring (bicyclic) bond motifs is 5. The van der Waals surface area contributed by atoms with Gasteiger partial charge in [-0.2, -0.15) is 0 Å². The number of aryl methyl sites for hydroxylation is 2. The van der Waals surface area contributed by atoms with Crippen molar-refractivity contribution in [1.82, 2.24) is 19.6 Å². The summed E-state index contributed by atoms with van der Waals surface area (Å²) in [4.78, 5) is 18.2. The Labute approximate surface area is 129 Å². The summed E-state index contributed by atoms with van der Waals surface area (Å²) in [5.41, 5.74) is 2.29. The van der Waals surface area contributed by atoms with Gasteiger partial charge in [0.15, 0.2) is 10.8 Å². The molecule has 7 heteroatoms. The minimum atomic E-state index is 0.138. The molecule has 21 heavy (non-hydrogen) atoms. The van der Waals surface area contributed by atoms with Gasteiger partial charge in [-0.3, -0.25) is 9.20 Å². The number of hydrogen-bond donors (Lipinski definition) is 0. The first kappa shape index (κ1) is 13.2. The molecule has 0 saturated carbocycles. The quantitative estimate of drug-likeness (QED) is 0.695. The Hall–Kier alpha value is -1.47. The van der Waals surface area contributed by atoms with Gasteiger partial charge in [0, 0.05) is 4.88 Å². The second-order valence-corrected chi connectivity index (χ2v) is 7.33. The predicted molar refractivity (Wildman–Crippen MR) is 84.2 cm³/mol. The molecule has 5 nitrogen and oxygen atoms in total. The summed E-state index contributed by atoms with van der Waals surface area (Å²) in [6, 6.07) is 0. The number of aromatic nitrogens is 4. The van der Waals surface area contributed by atoms with Gasteiger partial charge in [0.2, 0.25) is 0 Å². The Balaban J connectivity index is 1.89. The van der Waals surface area contributed by atoms with Crippen molar-refractivity contribution >= 4 is 44.7 Å². The van der Waals surface area contributed by atoms with Gasteiger partial charge < -0.3 is 0 Å². The first-order chi connectivity index (χ1) is 10.2. The van der Waals surface area contributed by atoms with Gasteiger partial charge >= 0.3 is 0 Å². The summed E-state index contributed by atoms with van der Waals surface area (Å²) >= 11 is 3.21. The average Bonchev–Trinajstić information content (AvgIpc) is 3.05. The van der Waals surface area contributed by atoms with Gasteiger partial charge in [0.05, 0.1) is 11.1 Å². The van der Waals surface area contributed by atoms with Crippen LogP contribution in [0.25, 0.3) is 15.9 Å². The Morgan fingerprint density at radius 2 is 2.24 bits per heavy atom. The number of nitrogens with zero attached hydrogens (tertiary/aromatic N) is 4. The van der Waals surface area contributed by atoms with E-state index in [2.05, 4.69) is 15.2 Å². The Bertz CT molecular complexity index is 852. The van der Waals surface area contributed by atoms with E-state index in [-0.39, 0.29) is 5.78 Å². The van der Waals surface area contributed by atoms with E-state index >= 15 is 0 Å². The fourth-order valence-corrected chi connectivity index (χ4v) is 4.73. The summed E-state index contributed by atoms with van der Waals surface area (Å²) in [6.07, 6.45) is 6.55. The number of rotatable bonds is 3. The van der Waals surface area contributed by atoms with Crippen LogP contribution in [0.3, 0.4) is 0 Å². The molecule has 0 unspecified atom stereocenters. The van der Waals surface area contributed by atoms with Gasteiger partial charge in [-0.1, -0.05) is 11.8 Å². The first-order valence-electron chi connectivity index (χ1n) is 7.00. The number of Topliss-reactive ketones (excluding diaryl/α,β-unsaturated/α-hetero) is 1. The number of ketones is 1. The van der Waals surface area contributed by atoms with Crippen LogP contribution in [0.4, 0.5) is 0 Å². The molecule has 1 aliphatic rings. The fraction of sp³-hybridized carbons (Fsp3) is 0.429. The lowest BCUT2D eigenvalue weighted by atomic mass is 9.97. The van der Waals surface area contributed by atoms with Crippen LogP contribution in [0.15, 0.2) is 11.5 Å². The zero-order valence-corrected chi connectivity index (χ0v) is 13.3. The highest BCUT2D eigenvalue weighted by atomic mass is 32.2. The molecule has 0 atom stereocenters. The Morgan fingerprint density at radius 1 is 1.38 bits per heavy atom. The number of thioether (sulfide) groups is 1. The molecule has 3 heterocycles. The lowest BCUT2D eigenvalue weighted by molar-refractivity contribution is -0.114. The van der Waals surface area contributed by atoms with Crippen molar-refractivity contribution in [2.45, 2.75) is 37.8 Å².